The number of carbonyl (C=O) groups is 1. The highest BCUT2D eigenvalue weighted by Gasteiger charge is 2.28. The molecule has 6 nitrogen and oxygen atoms in total. The lowest BCUT2D eigenvalue weighted by Crippen LogP contribution is -2.17. The fourth-order valence-electron chi connectivity index (χ4n) is 4.06. The maximum Gasteiger partial charge on any atom is 0.259 e. The molecule has 0 radical (unpaired) electrons. The van der Waals surface area contributed by atoms with Crippen LogP contribution in [-0.2, 0) is 12.8 Å². The number of amides is 1. The van der Waals surface area contributed by atoms with Gasteiger partial charge in [0.2, 0.25) is 0 Å². The van der Waals surface area contributed by atoms with Gasteiger partial charge >= 0.3 is 0 Å². The lowest BCUT2D eigenvalue weighted by molar-refractivity contribution is 0.102. The summed E-state index contributed by atoms with van der Waals surface area (Å²) in [6.07, 6.45) is 4.64. The molecule has 0 saturated carbocycles. The van der Waals surface area contributed by atoms with Gasteiger partial charge in [-0.2, -0.15) is 0 Å². The fraction of sp³-hybridized carbons (Fsp3) is 0.308. The van der Waals surface area contributed by atoms with Gasteiger partial charge in [-0.05, 0) is 61.1 Å². The van der Waals surface area contributed by atoms with E-state index in [4.69, 9.17) is 19.2 Å². The van der Waals surface area contributed by atoms with Crippen molar-refractivity contribution in [3.05, 3.63) is 64.0 Å². The molecule has 0 bridgehead atoms. The minimum absolute atomic E-state index is 0.170. The number of methoxy groups -OCH3 is 3. The summed E-state index contributed by atoms with van der Waals surface area (Å²) in [7, 11) is 4.84. The molecule has 1 unspecified atom stereocenters. The Bertz CT molecular complexity index is 1190. The summed E-state index contributed by atoms with van der Waals surface area (Å²) in [6.45, 7) is 2.25. The zero-order valence-corrected chi connectivity index (χ0v) is 20.1. The van der Waals surface area contributed by atoms with E-state index < -0.39 is 0 Å². The Balaban J connectivity index is 1.73. The molecule has 1 N–H and O–H groups in total. The van der Waals surface area contributed by atoms with Gasteiger partial charge in [-0.1, -0.05) is 19.1 Å². The van der Waals surface area contributed by atoms with Crippen molar-refractivity contribution in [2.75, 3.05) is 26.6 Å². The van der Waals surface area contributed by atoms with E-state index in [0.717, 1.165) is 30.4 Å². The number of aliphatic imine (C=N–C) groups is 1. The predicted octanol–water partition coefficient (Wildman–Crippen LogP) is 5.90. The number of fused-ring (bicyclic) bond motifs is 1. The maximum absolute atomic E-state index is 13.5. The van der Waals surface area contributed by atoms with Crippen LogP contribution < -0.4 is 19.5 Å². The zero-order valence-electron chi connectivity index (χ0n) is 19.3. The van der Waals surface area contributed by atoms with Crippen LogP contribution in [0.3, 0.4) is 0 Å². The third kappa shape index (κ3) is 4.88. The first-order chi connectivity index (χ1) is 16.0. The number of nitrogens with zero attached hydrogens (tertiary/aromatic N) is 1. The van der Waals surface area contributed by atoms with E-state index >= 15 is 0 Å². The quantitative estimate of drug-likeness (QED) is 0.442. The number of para-hydroxylation sites is 2. The van der Waals surface area contributed by atoms with E-state index in [1.807, 2.05) is 42.5 Å². The van der Waals surface area contributed by atoms with Crippen LogP contribution in [0.2, 0.25) is 0 Å². The monoisotopic (exact) mass is 464 g/mol. The molecular formula is C26H28N2O4S. The average molecular weight is 465 g/mol. The first-order valence-corrected chi connectivity index (χ1v) is 11.7. The average Bonchev–Trinajstić information content (AvgIpc) is 3.20. The van der Waals surface area contributed by atoms with E-state index in [-0.39, 0.29) is 5.91 Å². The predicted molar refractivity (Wildman–Crippen MR) is 133 cm³/mol. The first-order valence-electron chi connectivity index (χ1n) is 10.9. The van der Waals surface area contributed by atoms with Crippen LogP contribution in [0.15, 0.2) is 47.5 Å². The molecule has 1 aromatic heterocycles. The first kappa shape index (κ1) is 22.9. The second-order valence-corrected chi connectivity index (χ2v) is 9.14. The summed E-state index contributed by atoms with van der Waals surface area (Å²) in [4.78, 5) is 19.5. The Morgan fingerprint density at radius 2 is 1.88 bits per heavy atom. The highest BCUT2D eigenvalue weighted by Crippen LogP contribution is 2.42. The molecule has 1 heterocycles. The number of rotatable bonds is 7. The summed E-state index contributed by atoms with van der Waals surface area (Å²) in [6, 6.07) is 13.0. The van der Waals surface area contributed by atoms with Crippen molar-refractivity contribution in [1.29, 1.82) is 0 Å². The lowest BCUT2D eigenvalue weighted by atomic mass is 9.88. The van der Waals surface area contributed by atoms with E-state index in [1.165, 1.54) is 4.88 Å². The van der Waals surface area contributed by atoms with Gasteiger partial charge in [-0.25, -0.2) is 4.99 Å². The minimum atomic E-state index is -0.170. The molecule has 1 atom stereocenters. The standard InChI is InChI=1S/C26H28N2O4S/c1-16-9-11-19-23(13-16)33-26(27-15-17-14-18(30-2)10-12-21(17)31-3)24(19)25(29)28-20-7-5-6-8-22(20)32-4/h5-8,10,12,14-16H,9,11,13H2,1-4H3,(H,28,29)/b27-15+. The molecular weight excluding hydrogens is 436 g/mol. The van der Waals surface area contributed by atoms with E-state index in [1.54, 1.807) is 38.9 Å². The zero-order chi connectivity index (χ0) is 23.4. The molecule has 33 heavy (non-hydrogen) atoms. The van der Waals surface area contributed by atoms with Crippen molar-refractivity contribution in [1.82, 2.24) is 0 Å². The normalized spacial score (nSPS) is 15.2. The number of hydrogen-bond donors (Lipinski definition) is 1. The molecule has 0 fully saturated rings. The Labute approximate surface area is 198 Å². The molecule has 172 valence electrons. The molecule has 0 spiro atoms. The SMILES string of the molecule is COc1ccc(OC)c(/C=N/c2sc3c(c2C(=O)Nc2ccccc2OC)CCC(C)C3)c1. The van der Waals surface area contributed by atoms with Gasteiger partial charge in [0.05, 0.1) is 32.6 Å². The smallest absolute Gasteiger partial charge is 0.259 e. The molecule has 4 rings (SSSR count). The third-order valence-electron chi connectivity index (χ3n) is 5.83. The molecule has 0 aliphatic heterocycles. The van der Waals surface area contributed by atoms with Gasteiger partial charge < -0.3 is 19.5 Å². The Hall–Kier alpha value is -3.32. The third-order valence-corrected chi connectivity index (χ3v) is 7.00. The number of hydrogen-bond acceptors (Lipinski definition) is 6. The lowest BCUT2D eigenvalue weighted by Gasteiger charge is -2.18. The highest BCUT2D eigenvalue weighted by atomic mass is 32.1. The van der Waals surface area contributed by atoms with E-state index in [9.17, 15) is 4.79 Å². The van der Waals surface area contributed by atoms with Gasteiger partial charge in [0.15, 0.2) is 0 Å². The summed E-state index contributed by atoms with van der Waals surface area (Å²) in [5, 5.41) is 3.73. The number of carbonyl (C=O) groups excluding carboxylic acids is 1. The van der Waals surface area contributed by atoms with Crippen LogP contribution in [0.5, 0.6) is 17.2 Å². The second kappa shape index (κ2) is 10.1. The van der Waals surface area contributed by atoms with Crippen molar-refractivity contribution < 1.29 is 19.0 Å². The fourth-order valence-corrected chi connectivity index (χ4v) is 5.41. The Morgan fingerprint density at radius 3 is 2.64 bits per heavy atom. The van der Waals surface area contributed by atoms with Crippen molar-refractivity contribution in [2.24, 2.45) is 10.9 Å². The van der Waals surface area contributed by atoms with Crippen molar-refractivity contribution >= 4 is 34.1 Å². The van der Waals surface area contributed by atoms with E-state index in [0.29, 0.717) is 39.4 Å². The molecule has 2 aromatic carbocycles. The molecule has 0 saturated heterocycles. The Kier molecular flexibility index (Phi) is 6.99. The number of nitrogens with one attached hydrogen (secondary N) is 1. The summed E-state index contributed by atoms with van der Waals surface area (Å²) in [5.41, 5.74) is 3.17. The maximum atomic E-state index is 13.5. The van der Waals surface area contributed by atoms with Gasteiger partial charge in [-0.3, -0.25) is 4.79 Å². The molecule has 7 heteroatoms. The summed E-state index contributed by atoms with van der Waals surface area (Å²) in [5.74, 6) is 2.45. The van der Waals surface area contributed by atoms with Crippen LogP contribution in [0, 0.1) is 5.92 Å². The van der Waals surface area contributed by atoms with E-state index in [2.05, 4.69) is 12.2 Å². The van der Waals surface area contributed by atoms with Gasteiger partial charge in [0, 0.05) is 16.7 Å². The number of anilines is 1. The topological polar surface area (TPSA) is 69.2 Å². The molecule has 1 amide bonds. The van der Waals surface area contributed by atoms with Gasteiger partial charge in [-0.15, -0.1) is 11.3 Å². The van der Waals surface area contributed by atoms with Crippen LogP contribution in [-0.4, -0.2) is 33.5 Å². The van der Waals surface area contributed by atoms with Gasteiger partial charge in [0.1, 0.15) is 22.2 Å². The van der Waals surface area contributed by atoms with Gasteiger partial charge in [0.25, 0.3) is 5.91 Å². The highest BCUT2D eigenvalue weighted by molar-refractivity contribution is 7.16. The Morgan fingerprint density at radius 1 is 1.09 bits per heavy atom. The number of ether oxygens (including phenoxy) is 3. The largest absolute Gasteiger partial charge is 0.497 e. The van der Waals surface area contributed by atoms with Crippen molar-refractivity contribution in [3.63, 3.8) is 0 Å². The molecule has 1 aliphatic rings. The number of thiophene rings is 1. The summed E-state index contributed by atoms with van der Waals surface area (Å²) >= 11 is 1.60. The van der Waals surface area contributed by atoms with Crippen molar-refractivity contribution in [2.45, 2.75) is 26.2 Å². The number of benzene rings is 2. The minimum Gasteiger partial charge on any atom is -0.497 e. The van der Waals surface area contributed by atoms with Crippen LogP contribution in [0.1, 0.15) is 39.7 Å². The van der Waals surface area contributed by atoms with Crippen LogP contribution in [0.25, 0.3) is 0 Å². The van der Waals surface area contributed by atoms with Crippen molar-refractivity contribution in [3.8, 4) is 17.2 Å². The van der Waals surface area contributed by atoms with Crippen LogP contribution >= 0.6 is 11.3 Å². The second-order valence-electron chi connectivity index (χ2n) is 8.05. The summed E-state index contributed by atoms with van der Waals surface area (Å²) < 4.78 is 16.2. The van der Waals surface area contributed by atoms with Crippen LogP contribution in [0.4, 0.5) is 10.7 Å². The molecule has 3 aromatic rings. The molecule has 1 aliphatic carbocycles.